The molecule has 0 spiro atoms. The predicted octanol–water partition coefficient (Wildman–Crippen LogP) is 3.42. The SMILES string of the molecule is CNC(=O)Cc1ccccc1NC(=O)COc1cc(C)ccc1C(C)C. The standard InChI is InChI=1S/C21H26N2O3/c1-14(2)17-10-9-15(3)11-19(17)26-13-21(25)23-18-8-6-5-7-16(18)12-20(24)22-4/h5-11,14H,12-13H2,1-4H3,(H,22,24)(H,23,25). The van der Waals surface area contributed by atoms with Crippen LogP contribution in [0.25, 0.3) is 0 Å². The maximum atomic E-state index is 12.3. The molecule has 2 amide bonds. The van der Waals surface area contributed by atoms with Gasteiger partial charge in [-0.15, -0.1) is 0 Å². The first-order valence-corrected chi connectivity index (χ1v) is 8.72. The second-order valence-electron chi connectivity index (χ2n) is 6.54. The molecule has 0 heterocycles. The molecular weight excluding hydrogens is 328 g/mol. The fourth-order valence-electron chi connectivity index (χ4n) is 2.63. The van der Waals surface area contributed by atoms with E-state index in [1.807, 2.05) is 43.3 Å². The number of benzene rings is 2. The summed E-state index contributed by atoms with van der Waals surface area (Å²) in [6, 6.07) is 13.3. The maximum absolute atomic E-state index is 12.3. The molecule has 0 saturated carbocycles. The van der Waals surface area contributed by atoms with Gasteiger partial charge in [0.05, 0.1) is 6.42 Å². The van der Waals surface area contributed by atoms with Gasteiger partial charge in [0.1, 0.15) is 5.75 Å². The number of amides is 2. The van der Waals surface area contributed by atoms with Gasteiger partial charge >= 0.3 is 0 Å². The molecule has 2 rings (SSSR count). The molecule has 0 atom stereocenters. The lowest BCUT2D eigenvalue weighted by Crippen LogP contribution is -2.23. The average Bonchev–Trinajstić information content (AvgIpc) is 2.61. The summed E-state index contributed by atoms with van der Waals surface area (Å²) in [6.45, 7) is 6.09. The predicted molar refractivity (Wildman–Crippen MR) is 104 cm³/mol. The molecule has 0 fully saturated rings. The van der Waals surface area contributed by atoms with Crippen molar-refractivity contribution in [2.24, 2.45) is 0 Å². The summed E-state index contributed by atoms with van der Waals surface area (Å²) in [7, 11) is 1.59. The number of carbonyl (C=O) groups excluding carboxylic acids is 2. The first-order chi connectivity index (χ1) is 12.4. The molecule has 0 aliphatic heterocycles. The van der Waals surface area contributed by atoms with Crippen LogP contribution in [0.5, 0.6) is 5.75 Å². The Kier molecular flexibility index (Phi) is 6.78. The Morgan fingerprint density at radius 2 is 1.81 bits per heavy atom. The lowest BCUT2D eigenvalue weighted by atomic mass is 10.0. The monoisotopic (exact) mass is 354 g/mol. The number of likely N-dealkylation sites (N-methyl/N-ethyl adjacent to an activating group) is 1. The zero-order chi connectivity index (χ0) is 19.1. The van der Waals surface area contributed by atoms with Gasteiger partial charge in [0.15, 0.2) is 6.61 Å². The van der Waals surface area contributed by atoms with Crippen LogP contribution in [0.4, 0.5) is 5.69 Å². The number of anilines is 1. The van der Waals surface area contributed by atoms with Crippen LogP contribution in [-0.2, 0) is 16.0 Å². The van der Waals surface area contributed by atoms with E-state index in [0.717, 1.165) is 22.4 Å². The third-order valence-electron chi connectivity index (χ3n) is 4.07. The number of carbonyl (C=O) groups is 2. The summed E-state index contributed by atoms with van der Waals surface area (Å²) in [5.41, 5.74) is 3.54. The minimum absolute atomic E-state index is 0.0858. The van der Waals surface area contributed by atoms with Gasteiger partial charge in [-0.3, -0.25) is 9.59 Å². The summed E-state index contributed by atoms with van der Waals surface area (Å²) < 4.78 is 5.76. The van der Waals surface area contributed by atoms with Gasteiger partial charge in [0.25, 0.3) is 5.91 Å². The van der Waals surface area contributed by atoms with Gasteiger partial charge in [0, 0.05) is 12.7 Å². The Bertz CT molecular complexity index is 785. The van der Waals surface area contributed by atoms with Crippen molar-refractivity contribution in [3.63, 3.8) is 0 Å². The van der Waals surface area contributed by atoms with Crippen molar-refractivity contribution in [1.29, 1.82) is 0 Å². The summed E-state index contributed by atoms with van der Waals surface area (Å²) in [5, 5.41) is 5.42. The topological polar surface area (TPSA) is 67.4 Å². The van der Waals surface area contributed by atoms with E-state index in [1.54, 1.807) is 13.1 Å². The van der Waals surface area contributed by atoms with Crippen LogP contribution < -0.4 is 15.4 Å². The summed E-state index contributed by atoms with van der Waals surface area (Å²) in [4.78, 5) is 23.9. The van der Waals surface area contributed by atoms with Crippen molar-refractivity contribution in [3.05, 3.63) is 59.2 Å². The molecular formula is C21H26N2O3. The van der Waals surface area contributed by atoms with Crippen LogP contribution in [0.3, 0.4) is 0 Å². The van der Waals surface area contributed by atoms with Gasteiger partial charge < -0.3 is 15.4 Å². The van der Waals surface area contributed by atoms with Crippen LogP contribution >= 0.6 is 0 Å². The summed E-state index contributed by atoms with van der Waals surface area (Å²) >= 11 is 0. The van der Waals surface area contributed by atoms with Crippen LogP contribution in [0.2, 0.25) is 0 Å². The molecule has 0 unspecified atom stereocenters. The van der Waals surface area contributed by atoms with Gasteiger partial charge in [0.2, 0.25) is 5.91 Å². The summed E-state index contributed by atoms with van der Waals surface area (Å²) in [6.07, 6.45) is 0.211. The lowest BCUT2D eigenvalue weighted by molar-refractivity contribution is -0.120. The van der Waals surface area contributed by atoms with Crippen LogP contribution in [0.15, 0.2) is 42.5 Å². The Morgan fingerprint density at radius 3 is 2.50 bits per heavy atom. The van der Waals surface area contributed by atoms with Crippen molar-refractivity contribution >= 4 is 17.5 Å². The molecule has 0 aliphatic rings. The molecule has 2 aromatic rings. The van der Waals surface area contributed by atoms with Crippen LogP contribution in [0, 0.1) is 6.92 Å². The highest BCUT2D eigenvalue weighted by Gasteiger charge is 2.12. The Hall–Kier alpha value is -2.82. The van der Waals surface area contributed by atoms with Crippen molar-refractivity contribution in [2.45, 2.75) is 33.1 Å². The molecule has 26 heavy (non-hydrogen) atoms. The number of aryl methyl sites for hydroxylation is 1. The van der Waals surface area contributed by atoms with Crippen molar-refractivity contribution in [3.8, 4) is 5.75 Å². The minimum Gasteiger partial charge on any atom is -0.483 e. The van der Waals surface area contributed by atoms with E-state index in [1.165, 1.54) is 0 Å². The first-order valence-electron chi connectivity index (χ1n) is 8.72. The molecule has 0 bridgehead atoms. The first kappa shape index (κ1) is 19.5. The smallest absolute Gasteiger partial charge is 0.262 e. The molecule has 2 aromatic carbocycles. The number of hydrogen-bond donors (Lipinski definition) is 2. The van der Waals surface area contributed by atoms with Gasteiger partial charge in [-0.2, -0.15) is 0 Å². The van der Waals surface area contributed by atoms with Gasteiger partial charge in [-0.25, -0.2) is 0 Å². The molecule has 0 aromatic heterocycles. The number of ether oxygens (including phenoxy) is 1. The van der Waals surface area contributed by atoms with E-state index in [4.69, 9.17) is 4.74 Å². The quantitative estimate of drug-likeness (QED) is 0.800. The highest BCUT2D eigenvalue weighted by atomic mass is 16.5. The van der Waals surface area contributed by atoms with E-state index >= 15 is 0 Å². The zero-order valence-corrected chi connectivity index (χ0v) is 15.8. The Morgan fingerprint density at radius 1 is 1.08 bits per heavy atom. The van der Waals surface area contributed by atoms with E-state index < -0.39 is 0 Å². The Labute approximate surface area is 154 Å². The highest BCUT2D eigenvalue weighted by molar-refractivity contribution is 5.93. The lowest BCUT2D eigenvalue weighted by Gasteiger charge is -2.15. The molecule has 0 aliphatic carbocycles. The van der Waals surface area contributed by atoms with Gasteiger partial charge in [-0.05, 0) is 41.7 Å². The summed E-state index contributed by atoms with van der Waals surface area (Å²) in [5.74, 6) is 0.672. The Balaban J connectivity index is 2.04. The second kappa shape index (κ2) is 9.04. The molecule has 2 N–H and O–H groups in total. The molecule has 0 radical (unpaired) electrons. The number of rotatable bonds is 7. The molecule has 0 saturated heterocycles. The molecule has 5 heteroatoms. The van der Waals surface area contributed by atoms with Crippen molar-refractivity contribution in [2.75, 3.05) is 19.0 Å². The van der Waals surface area contributed by atoms with E-state index in [9.17, 15) is 9.59 Å². The third-order valence-corrected chi connectivity index (χ3v) is 4.07. The number of hydrogen-bond acceptors (Lipinski definition) is 3. The van der Waals surface area contributed by atoms with E-state index in [0.29, 0.717) is 11.6 Å². The van der Waals surface area contributed by atoms with E-state index in [2.05, 4.69) is 24.5 Å². The van der Waals surface area contributed by atoms with Crippen molar-refractivity contribution < 1.29 is 14.3 Å². The third kappa shape index (κ3) is 5.34. The van der Waals surface area contributed by atoms with E-state index in [-0.39, 0.29) is 24.8 Å². The van der Waals surface area contributed by atoms with Crippen LogP contribution in [0.1, 0.15) is 36.5 Å². The highest BCUT2D eigenvalue weighted by Crippen LogP contribution is 2.27. The number of nitrogens with one attached hydrogen (secondary N) is 2. The average molecular weight is 354 g/mol. The largest absolute Gasteiger partial charge is 0.483 e. The van der Waals surface area contributed by atoms with Crippen LogP contribution in [-0.4, -0.2) is 25.5 Å². The fraction of sp³-hybridized carbons (Fsp3) is 0.333. The maximum Gasteiger partial charge on any atom is 0.262 e. The normalized spacial score (nSPS) is 10.5. The minimum atomic E-state index is -0.259. The fourth-order valence-corrected chi connectivity index (χ4v) is 2.63. The molecule has 5 nitrogen and oxygen atoms in total. The second-order valence-corrected chi connectivity index (χ2v) is 6.54. The van der Waals surface area contributed by atoms with Crippen molar-refractivity contribution in [1.82, 2.24) is 5.32 Å². The molecule has 138 valence electrons. The number of para-hydroxylation sites is 1. The zero-order valence-electron chi connectivity index (χ0n) is 15.8. The van der Waals surface area contributed by atoms with Gasteiger partial charge in [-0.1, -0.05) is 44.2 Å².